The molecule has 1 saturated heterocycles. The molecule has 15 heavy (non-hydrogen) atoms. The van der Waals surface area contributed by atoms with E-state index >= 15 is 0 Å². The van der Waals surface area contributed by atoms with Crippen LogP contribution in [0, 0.1) is 13.0 Å². The first-order chi connectivity index (χ1) is 7.34. The van der Waals surface area contributed by atoms with Crippen molar-refractivity contribution < 1.29 is 4.74 Å². The largest absolute Gasteiger partial charge is 0.379 e. The fourth-order valence-corrected chi connectivity index (χ4v) is 1.92. The van der Waals surface area contributed by atoms with Crippen LogP contribution in [0.2, 0.25) is 0 Å². The molecule has 2 heteroatoms. The van der Waals surface area contributed by atoms with Crippen LogP contribution in [0.25, 0.3) is 0 Å². The Bertz CT molecular complexity index is 305. The minimum Gasteiger partial charge on any atom is -0.379 e. The van der Waals surface area contributed by atoms with Crippen molar-refractivity contribution >= 4 is 0 Å². The Morgan fingerprint density at radius 1 is 1.40 bits per heavy atom. The second-order valence-corrected chi connectivity index (χ2v) is 4.08. The van der Waals surface area contributed by atoms with Gasteiger partial charge in [-0.2, -0.15) is 0 Å². The second kappa shape index (κ2) is 5.29. The van der Waals surface area contributed by atoms with Gasteiger partial charge in [0.2, 0.25) is 0 Å². The molecule has 0 amide bonds. The van der Waals surface area contributed by atoms with E-state index in [4.69, 9.17) is 4.74 Å². The number of rotatable bonds is 3. The maximum absolute atomic E-state index is 5.32. The molecule has 0 atom stereocenters. The average Bonchev–Trinajstić information content (AvgIpc) is 2.28. The second-order valence-electron chi connectivity index (χ2n) is 4.08. The molecular formula is C13H18NO. The Labute approximate surface area is 91.9 Å². The highest BCUT2D eigenvalue weighted by Gasteiger charge is 2.09. The molecule has 1 aromatic rings. The lowest BCUT2D eigenvalue weighted by Gasteiger charge is -2.26. The third kappa shape index (κ3) is 3.33. The van der Waals surface area contributed by atoms with Crippen LogP contribution in [0.3, 0.4) is 0 Å². The first kappa shape index (κ1) is 10.7. The monoisotopic (exact) mass is 204 g/mol. The maximum Gasteiger partial charge on any atom is 0.0594 e. The molecule has 1 aliphatic rings. The van der Waals surface area contributed by atoms with E-state index in [1.165, 1.54) is 11.1 Å². The minimum absolute atomic E-state index is 0.890. The van der Waals surface area contributed by atoms with E-state index in [9.17, 15) is 0 Å². The van der Waals surface area contributed by atoms with Crippen molar-refractivity contribution in [3.8, 4) is 0 Å². The zero-order chi connectivity index (χ0) is 10.5. The van der Waals surface area contributed by atoms with Crippen LogP contribution in [0.1, 0.15) is 11.1 Å². The lowest BCUT2D eigenvalue weighted by atomic mass is 10.1. The third-order valence-corrected chi connectivity index (χ3v) is 2.83. The van der Waals surface area contributed by atoms with Crippen LogP contribution in [0.15, 0.2) is 18.2 Å². The first-order valence-corrected chi connectivity index (χ1v) is 5.62. The molecule has 0 spiro atoms. The summed E-state index contributed by atoms with van der Waals surface area (Å²) in [6.07, 6.45) is 1.13. The smallest absolute Gasteiger partial charge is 0.0594 e. The molecule has 1 aliphatic heterocycles. The van der Waals surface area contributed by atoms with Crippen molar-refractivity contribution in [2.75, 3.05) is 32.8 Å². The number of hydrogen-bond donors (Lipinski definition) is 0. The molecule has 0 aromatic heterocycles. The SMILES string of the molecule is Cc1[c]ccc(CCN2CCOCC2)c1. The van der Waals surface area contributed by atoms with Gasteiger partial charge in [-0.1, -0.05) is 18.2 Å². The molecule has 2 nitrogen and oxygen atoms in total. The van der Waals surface area contributed by atoms with Crippen LogP contribution in [-0.4, -0.2) is 37.7 Å². The van der Waals surface area contributed by atoms with Gasteiger partial charge in [0.25, 0.3) is 0 Å². The van der Waals surface area contributed by atoms with Gasteiger partial charge < -0.3 is 4.74 Å². The van der Waals surface area contributed by atoms with Gasteiger partial charge in [-0.15, -0.1) is 0 Å². The molecule has 0 saturated carbocycles. The molecule has 0 aliphatic carbocycles. The Kier molecular flexibility index (Phi) is 3.75. The highest BCUT2D eigenvalue weighted by atomic mass is 16.5. The Morgan fingerprint density at radius 3 is 2.93 bits per heavy atom. The maximum atomic E-state index is 5.32. The summed E-state index contributed by atoms with van der Waals surface area (Å²) in [6, 6.07) is 9.58. The van der Waals surface area contributed by atoms with Crippen LogP contribution in [-0.2, 0) is 11.2 Å². The highest BCUT2D eigenvalue weighted by molar-refractivity contribution is 5.21. The van der Waals surface area contributed by atoms with Crippen LogP contribution < -0.4 is 0 Å². The normalized spacial score (nSPS) is 17.9. The van der Waals surface area contributed by atoms with E-state index in [1.54, 1.807) is 0 Å². The summed E-state index contributed by atoms with van der Waals surface area (Å²) in [7, 11) is 0. The van der Waals surface area contributed by atoms with E-state index in [1.807, 2.05) is 6.07 Å². The van der Waals surface area contributed by atoms with E-state index in [2.05, 4.69) is 30.0 Å². The lowest BCUT2D eigenvalue weighted by molar-refractivity contribution is 0.0384. The molecule has 2 rings (SSSR count). The van der Waals surface area contributed by atoms with Crippen molar-refractivity contribution in [1.82, 2.24) is 4.90 Å². The number of ether oxygens (including phenoxy) is 1. The summed E-state index contributed by atoms with van der Waals surface area (Å²) in [5, 5.41) is 0. The summed E-state index contributed by atoms with van der Waals surface area (Å²) < 4.78 is 5.32. The third-order valence-electron chi connectivity index (χ3n) is 2.83. The summed E-state index contributed by atoms with van der Waals surface area (Å²) >= 11 is 0. The van der Waals surface area contributed by atoms with Crippen molar-refractivity contribution in [1.29, 1.82) is 0 Å². The Hall–Kier alpha value is -0.860. The minimum atomic E-state index is 0.890. The van der Waals surface area contributed by atoms with Gasteiger partial charge >= 0.3 is 0 Å². The van der Waals surface area contributed by atoms with E-state index in [-0.39, 0.29) is 0 Å². The molecular weight excluding hydrogens is 186 g/mol. The van der Waals surface area contributed by atoms with Gasteiger partial charge in [-0.3, -0.25) is 4.90 Å². The Morgan fingerprint density at radius 2 is 2.20 bits per heavy atom. The number of hydrogen-bond acceptors (Lipinski definition) is 2. The van der Waals surface area contributed by atoms with Crippen molar-refractivity contribution in [2.45, 2.75) is 13.3 Å². The van der Waals surface area contributed by atoms with E-state index in [0.29, 0.717) is 0 Å². The summed E-state index contributed by atoms with van der Waals surface area (Å²) in [4.78, 5) is 2.47. The van der Waals surface area contributed by atoms with Gasteiger partial charge in [0.05, 0.1) is 13.2 Å². The summed E-state index contributed by atoms with van der Waals surface area (Å²) in [5.74, 6) is 0. The predicted molar refractivity (Wildman–Crippen MR) is 61.0 cm³/mol. The first-order valence-electron chi connectivity index (χ1n) is 5.62. The molecule has 1 aromatic carbocycles. The zero-order valence-electron chi connectivity index (χ0n) is 9.33. The standard InChI is InChI=1S/C13H18NO/c1-12-3-2-4-13(11-12)5-6-14-7-9-15-10-8-14/h2,4,11H,5-10H2,1H3. The topological polar surface area (TPSA) is 12.5 Å². The molecule has 0 unspecified atom stereocenters. The van der Waals surface area contributed by atoms with Crippen LogP contribution >= 0.6 is 0 Å². The quantitative estimate of drug-likeness (QED) is 0.742. The van der Waals surface area contributed by atoms with E-state index in [0.717, 1.165) is 39.3 Å². The van der Waals surface area contributed by atoms with Crippen LogP contribution in [0.4, 0.5) is 0 Å². The predicted octanol–water partition coefficient (Wildman–Crippen LogP) is 1.67. The van der Waals surface area contributed by atoms with Crippen LogP contribution in [0.5, 0.6) is 0 Å². The number of aryl methyl sites for hydroxylation is 1. The molecule has 81 valence electrons. The Balaban J connectivity index is 1.81. The molecule has 1 radical (unpaired) electrons. The van der Waals surface area contributed by atoms with Gasteiger partial charge in [0.1, 0.15) is 0 Å². The van der Waals surface area contributed by atoms with Crippen molar-refractivity contribution in [3.05, 3.63) is 35.4 Å². The highest BCUT2D eigenvalue weighted by Crippen LogP contribution is 2.06. The summed E-state index contributed by atoms with van der Waals surface area (Å²) in [6.45, 7) is 7.18. The molecule has 1 fully saturated rings. The molecule has 0 N–H and O–H groups in total. The van der Waals surface area contributed by atoms with Crippen molar-refractivity contribution in [3.63, 3.8) is 0 Å². The van der Waals surface area contributed by atoms with Crippen molar-refractivity contribution in [2.24, 2.45) is 0 Å². The van der Waals surface area contributed by atoms with Gasteiger partial charge in [-0.25, -0.2) is 0 Å². The lowest BCUT2D eigenvalue weighted by Crippen LogP contribution is -2.37. The summed E-state index contributed by atoms with van der Waals surface area (Å²) in [5.41, 5.74) is 2.65. The van der Waals surface area contributed by atoms with Gasteiger partial charge in [-0.05, 0) is 30.5 Å². The average molecular weight is 204 g/mol. The molecule has 1 heterocycles. The zero-order valence-corrected chi connectivity index (χ0v) is 9.33. The number of morpholine rings is 1. The fourth-order valence-electron chi connectivity index (χ4n) is 1.92. The number of benzene rings is 1. The molecule has 0 bridgehead atoms. The fraction of sp³-hybridized carbons (Fsp3) is 0.538. The van der Waals surface area contributed by atoms with Gasteiger partial charge in [0.15, 0.2) is 0 Å². The number of nitrogens with zero attached hydrogens (tertiary/aromatic N) is 1. The van der Waals surface area contributed by atoms with E-state index < -0.39 is 0 Å². The van der Waals surface area contributed by atoms with Gasteiger partial charge in [0, 0.05) is 19.6 Å².